The van der Waals surface area contributed by atoms with E-state index in [0.717, 1.165) is 54.3 Å². The number of aromatic amines is 1. The van der Waals surface area contributed by atoms with E-state index in [0.29, 0.717) is 17.7 Å². The molecule has 0 spiro atoms. The highest BCUT2D eigenvalue weighted by Gasteiger charge is 2.18. The second-order valence-electron chi connectivity index (χ2n) is 7.82. The minimum absolute atomic E-state index is 0.335. The molecule has 0 bridgehead atoms. The monoisotopic (exact) mass is 430 g/mol. The van der Waals surface area contributed by atoms with Crippen LogP contribution in [0.2, 0.25) is 0 Å². The van der Waals surface area contributed by atoms with Crippen LogP contribution in [0, 0.1) is 0 Å². The van der Waals surface area contributed by atoms with Gasteiger partial charge in [0.15, 0.2) is 5.75 Å². The van der Waals surface area contributed by atoms with Gasteiger partial charge in [-0.3, -0.25) is 4.90 Å². The molecule has 1 atom stereocenters. The van der Waals surface area contributed by atoms with Crippen molar-refractivity contribution < 1.29 is 4.74 Å². The predicted molar refractivity (Wildman–Crippen MR) is 124 cm³/mol. The van der Waals surface area contributed by atoms with Gasteiger partial charge in [-0.25, -0.2) is 19.9 Å². The van der Waals surface area contributed by atoms with E-state index < -0.39 is 0 Å². The van der Waals surface area contributed by atoms with Crippen LogP contribution in [0.5, 0.6) is 5.75 Å². The lowest BCUT2D eigenvalue weighted by molar-refractivity contribution is 0.185. The first-order valence-electron chi connectivity index (χ1n) is 10.7. The molecule has 0 radical (unpaired) electrons. The van der Waals surface area contributed by atoms with E-state index >= 15 is 0 Å². The Labute approximate surface area is 186 Å². The average Bonchev–Trinajstić information content (AvgIpc) is 3.25. The maximum absolute atomic E-state index is 5.39. The number of ether oxygens (including phenoxy) is 1. The average molecular weight is 431 g/mol. The molecule has 9 nitrogen and oxygen atoms in total. The lowest BCUT2D eigenvalue weighted by Crippen LogP contribution is -2.44. The fourth-order valence-electron chi connectivity index (χ4n) is 4.08. The van der Waals surface area contributed by atoms with Crippen molar-refractivity contribution in [3.8, 4) is 17.0 Å². The van der Waals surface area contributed by atoms with Crippen LogP contribution in [0.15, 0.2) is 49.1 Å². The fraction of sp³-hybridized carbons (Fsp3) is 0.304. The van der Waals surface area contributed by atoms with E-state index in [1.807, 2.05) is 24.4 Å². The molecule has 0 saturated carbocycles. The van der Waals surface area contributed by atoms with Gasteiger partial charge >= 0.3 is 0 Å². The van der Waals surface area contributed by atoms with Crippen molar-refractivity contribution in [3.05, 3.63) is 54.6 Å². The topological polar surface area (TPSA) is 104 Å². The molecule has 4 aromatic rings. The van der Waals surface area contributed by atoms with Crippen LogP contribution >= 0.6 is 0 Å². The Morgan fingerprint density at radius 1 is 1.12 bits per heavy atom. The third-order valence-corrected chi connectivity index (χ3v) is 5.87. The minimum atomic E-state index is 0.335. The SMILES string of the molecule is COc1cncnc1-c1ccc2nc(Nc3cc(C(C)N4CCNCC4)ccn3)[nH]c2c1. The number of methoxy groups -OCH3 is 1. The fourth-order valence-corrected chi connectivity index (χ4v) is 4.08. The van der Waals surface area contributed by atoms with Gasteiger partial charge in [0.25, 0.3) is 0 Å². The van der Waals surface area contributed by atoms with E-state index in [-0.39, 0.29) is 0 Å². The first-order valence-corrected chi connectivity index (χ1v) is 10.7. The number of aromatic nitrogens is 5. The van der Waals surface area contributed by atoms with Crippen LogP contribution in [0.25, 0.3) is 22.3 Å². The Bertz CT molecular complexity index is 1220. The zero-order valence-corrected chi connectivity index (χ0v) is 18.2. The number of rotatable bonds is 6. The number of H-pyrrole nitrogens is 1. The van der Waals surface area contributed by atoms with Crippen molar-refractivity contribution >= 4 is 22.8 Å². The van der Waals surface area contributed by atoms with Crippen molar-refractivity contribution in [1.29, 1.82) is 0 Å². The summed E-state index contributed by atoms with van der Waals surface area (Å²) in [6.07, 6.45) is 5.02. The molecule has 4 heterocycles. The van der Waals surface area contributed by atoms with Crippen LogP contribution in [0.1, 0.15) is 18.5 Å². The second kappa shape index (κ2) is 8.89. The highest BCUT2D eigenvalue weighted by Crippen LogP contribution is 2.29. The zero-order valence-electron chi connectivity index (χ0n) is 18.2. The highest BCUT2D eigenvalue weighted by molar-refractivity contribution is 5.84. The summed E-state index contributed by atoms with van der Waals surface area (Å²) in [6.45, 7) is 6.41. The summed E-state index contributed by atoms with van der Waals surface area (Å²) in [4.78, 5) is 23.4. The van der Waals surface area contributed by atoms with E-state index in [2.05, 4.69) is 59.5 Å². The first-order chi connectivity index (χ1) is 15.7. The Balaban J connectivity index is 1.38. The van der Waals surface area contributed by atoms with E-state index in [1.54, 1.807) is 13.3 Å². The quantitative estimate of drug-likeness (QED) is 0.429. The molecule has 0 amide bonds. The van der Waals surface area contributed by atoms with Crippen LogP contribution in [0.3, 0.4) is 0 Å². The van der Waals surface area contributed by atoms with Crippen LogP contribution in [0.4, 0.5) is 11.8 Å². The van der Waals surface area contributed by atoms with Crippen molar-refractivity contribution in [2.24, 2.45) is 0 Å². The molecule has 3 N–H and O–H groups in total. The number of imidazole rings is 1. The van der Waals surface area contributed by atoms with Crippen molar-refractivity contribution in [3.63, 3.8) is 0 Å². The maximum Gasteiger partial charge on any atom is 0.206 e. The van der Waals surface area contributed by atoms with Crippen molar-refractivity contribution in [2.75, 3.05) is 38.6 Å². The lowest BCUT2D eigenvalue weighted by atomic mass is 10.1. The summed E-state index contributed by atoms with van der Waals surface area (Å²) in [5, 5.41) is 6.72. The van der Waals surface area contributed by atoms with E-state index in [4.69, 9.17) is 4.74 Å². The van der Waals surface area contributed by atoms with E-state index in [1.165, 1.54) is 11.9 Å². The number of fused-ring (bicyclic) bond motifs is 1. The molecule has 1 aliphatic rings. The highest BCUT2D eigenvalue weighted by atomic mass is 16.5. The molecule has 164 valence electrons. The van der Waals surface area contributed by atoms with Gasteiger partial charge in [-0.1, -0.05) is 6.07 Å². The third kappa shape index (κ3) is 4.12. The van der Waals surface area contributed by atoms with Gasteiger partial charge in [0, 0.05) is 44.0 Å². The Morgan fingerprint density at radius 3 is 2.84 bits per heavy atom. The zero-order chi connectivity index (χ0) is 21.9. The third-order valence-electron chi connectivity index (χ3n) is 5.87. The van der Waals surface area contributed by atoms with E-state index in [9.17, 15) is 0 Å². The Morgan fingerprint density at radius 2 is 2.00 bits per heavy atom. The number of hydrogen-bond donors (Lipinski definition) is 3. The molecule has 1 fully saturated rings. The maximum atomic E-state index is 5.39. The molecule has 1 aliphatic heterocycles. The molecule has 1 saturated heterocycles. The van der Waals surface area contributed by atoms with Crippen molar-refractivity contribution in [2.45, 2.75) is 13.0 Å². The number of benzene rings is 1. The summed E-state index contributed by atoms with van der Waals surface area (Å²) in [6, 6.07) is 10.5. The summed E-state index contributed by atoms with van der Waals surface area (Å²) < 4.78 is 5.39. The second-order valence-corrected chi connectivity index (χ2v) is 7.82. The summed E-state index contributed by atoms with van der Waals surface area (Å²) >= 11 is 0. The molecule has 1 aromatic carbocycles. The van der Waals surface area contributed by atoms with Crippen LogP contribution in [-0.2, 0) is 0 Å². The largest absolute Gasteiger partial charge is 0.493 e. The van der Waals surface area contributed by atoms with Gasteiger partial charge in [0.05, 0.1) is 24.3 Å². The minimum Gasteiger partial charge on any atom is -0.493 e. The number of pyridine rings is 1. The van der Waals surface area contributed by atoms with Gasteiger partial charge in [-0.15, -0.1) is 0 Å². The molecule has 1 unspecified atom stereocenters. The molecule has 3 aromatic heterocycles. The predicted octanol–water partition coefficient (Wildman–Crippen LogP) is 3.13. The molecule has 5 rings (SSSR count). The summed E-state index contributed by atoms with van der Waals surface area (Å²) in [5.41, 5.74) is 4.66. The standard InChI is InChI=1S/C23H26N8O/c1-15(31-9-7-24-8-10-31)16-5-6-26-21(12-16)30-23-28-18-4-3-17(11-19(18)29-23)22-20(32-2)13-25-14-27-22/h3-6,11-15,24H,7-10H2,1-2H3,(H2,26,28,29,30). The molecule has 0 aliphatic carbocycles. The smallest absolute Gasteiger partial charge is 0.206 e. The van der Waals surface area contributed by atoms with Gasteiger partial charge in [-0.05, 0) is 36.8 Å². The number of nitrogens with one attached hydrogen (secondary N) is 3. The Hall–Kier alpha value is -3.56. The van der Waals surface area contributed by atoms with Gasteiger partial charge in [-0.2, -0.15) is 0 Å². The number of anilines is 2. The number of piperazine rings is 1. The molecular weight excluding hydrogens is 404 g/mol. The van der Waals surface area contributed by atoms with Gasteiger partial charge in [0.2, 0.25) is 5.95 Å². The summed E-state index contributed by atoms with van der Waals surface area (Å²) in [5.74, 6) is 2.04. The lowest BCUT2D eigenvalue weighted by Gasteiger charge is -2.33. The number of hydrogen-bond acceptors (Lipinski definition) is 8. The Kier molecular flexibility index (Phi) is 5.66. The van der Waals surface area contributed by atoms with Crippen molar-refractivity contribution in [1.82, 2.24) is 35.1 Å². The summed E-state index contributed by atoms with van der Waals surface area (Å²) in [7, 11) is 1.61. The molecule has 32 heavy (non-hydrogen) atoms. The molecular formula is C23H26N8O. The number of nitrogens with zero attached hydrogens (tertiary/aromatic N) is 5. The van der Waals surface area contributed by atoms with Crippen LogP contribution < -0.4 is 15.4 Å². The molecule has 9 heteroatoms. The van der Waals surface area contributed by atoms with Gasteiger partial charge in [0.1, 0.15) is 17.8 Å². The van der Waals surface area contributed by atoms with Crippen LogP contribution in [-0.4, -0.2) is 63.1 Å². The van der Waals surface area contributed by atoms with Gasteiger partial charge < -0.3 is 20.4 Å². The normalized spacial score (nSPS) is 15.6. The first kappa shape index (κ1) is 20.3.